The summed E-state index contributed by atoms with van der Waals surface area (Å²) in [6.07, 6.45) is 0.0452. The van der Waals surface area contributed by atoms with Gasteiger partial charge in [-0.2, -0.15) is 0 Å². The van der Waals surface area contributed by atoms with Crippen molar-refractivity contribution in [2.75, 3.05) is 32.8 Å². The van der Waals surface area contributed by atoms with Gasteiger partial charge < -0.3 is 34.9 Å². The average molecular weight is 613 g/mol. The minimum absolute atomic E-state index is 0.000585. The number of primary amides is 1. The minimum atomic E-state index is -1.55. The molecule has 3 N–H and O–H groups in total. The van der Waals surface area contributed by atoms with Crippen LogP contribution in [0.3, 0.4) is 0 Å². The lowest BCUT2D eigenvalue weighted by molar-refractivity contribution is -0.163. The number of carbonyl (C=O) groups is 5. The Kier molecular flexibility index (Phi) is 9.95. The number of nitrogens with two attached hydrogens (primary N) is 1. The second kappa shape index (κ2) is 13.5. The molecule has 1 aliphatic heterocycles. The highest BCUT2D eigenvalue weighted by atomic mass is 16.6. The van der Waals surface area contributed by atoms with Crippen LogP contribution in [0.15, 0.2) is 18.2 Å². The van der Waals surface area contributed by atoms with Crippen molar-refractivity contribution in [3.63, 3.8) is 0 Å². The highest BCUT2D eigenvalue weighted by molar-refractivity contribution is 6.05. The number of carboxylic acids is 1. The summed E-state index contributed by atoms with van der Waals surface area (Å²) in [5, 5.41) is 10.4. The first-order chi connectivity index (χ1) is 20.9. The number of hydrogen-bond donors (Lipinski definition) is 2. The zero-order chi connectivity index (χ0) is 32.2. The van der Waals surface area contributed by atoms with Crippen LogP contribution in [0.1, 0.15) is 80.4 Å². The smallest absolute Gasteiger partial charge is 0.409 e. The van der Waals surface area contributed by atoms with Crippen molar-refractivity contribution in [2.45, 2.75) is 77.4 Å². The summed E-state index contributed by atoms with van der Waals surface area (Å²) in [6.45, 7) is 8.05. The van der Waals surface area contributed by atoms with Crippen molar-refractivity contribution >= 4 is 40.7 Å². The molecule has 13 nitrogen and oxygen atoms in total. The highest BCUT2D eigenvalue weighted by Gasteiger charge is 2.48. The maximum atomic E-state index is 14.2. The Morgan fingerprint density at radius 1 is 1.07 bits per heavy atom. The molecule has 1 saturated carbocycles. The molecule has 4 rings (SSSR count). The number of benzene rings is 1. The summed E-state index contributed by atoms with van der Waals surface area (Å²) in [7, 11) is 0. The van der Waals surface area contributed by atoms with Gasteiger partial charge in [-0.15, -0.1) is 0 Å². The van der Waals surface area contributed by atoms with Gasteiger partial charge in [0, 0.05) is 38.0 Å². The molecule has 44 heavy (non-hydrogen) atoms. The van der Waals surface area contributed by atoms with Crippen LogP contribution < -0.4 is 10.5 Å². The van der Waals surface area contributed by atoms with E-state index in [1.165, 1.54) is 4.90 Å². The van der Waals surface area contributed by atoms with Gasteiger partial charge in [-0.3, -0.25) is 19.4 Å². The topological polar surface area (TPSA) is 179 Å². The number of piperazine rings is 1. The van der Waals surface area contributed by atoms with Crippen LogP contribution >= 0.6 is 0 Å². The van der Waals surface area contributed by atoms with Crippen LogP contribution in [0.4, 0.5) is 4.79 Å². The van der Waals surface area contributed by atoms with Gasteiger partial charge in [0.15, 0.2) is 0 Å². The van der Waals surface area contributed by atoms with Crippen LogP contribution in [0.5, 0.6) is 5.75 Å². The van der Waals surface area contributed by atoms with E-state index in [0.717, 1.165) is 5.56 Å². The second-order valence-electron chi connectivity index (χ2n) is 11.5. The third kappa shape index (κ3) is 6.87. The number of aryl methyl sites for hydroxylation is 1. The number of amides is 3. The fourth-order valence-corrected chi connectivity index (χ4v) is 5.52. The molecule has 2 heterocycles. The number of aromatic nitrogens is 1. The van der Waals surface area contributed by atoms with E-state index in [0.29, 0.717) is 17.3 Å². The lowest BCUT2D eigenvalue weighted by Gasteiger charge is -2.39. The van der Waals surface area contributed by atoms with E-state index in [2.05, 4.69) is 0 Å². The van der Waals surface area contributed by atoms with Gasteiger partial charge in [0.1, 0.15) is 11.3 Å². The van der Waals surface area contributed by atoms with E-state index in [-0.39, 0.29) is 81.6 Å². The molecule has 1 aromatic carbocycles. The van der Waals surface area contributed by atoms with E-state index >= 15 is 0 Å². The van der Waals surface area contributed by atoms with Gasteiger partial charge in [0.2, 0.25) is 11.5 Å². The summed E-state index contributed by atoms with van der Waals surface area (Å²) in [4.78, 5) is 72.3. The lowest BCUT2D eigenvalue weighted by Crippen LogP contribution is -2.52. The first-order valence-corrected chi connectivity index (χ1v) is 14.9. The Hall–Kier alpha value is -4.42. The quantitative estimate of drug-likeness (QED) is 0.358. The third-order valence-electron chi connectivity index (χ3n) is 7.97. The molecule has 13 heteroatoms. The van der Waals surface area contributed by atoms with Crippen molar-refractivity contribution in [3.05, 3.63) is 35.0 Å². The summed E-state index contributed by atoms with van der Waals surface area (Å²) < 4.78 is 16.6. The summed E-state index contributed by atoms with van der Waals surface area (Å²) in [5.74, 6) is -4.23. The number of carboxylic acid groups (broad SMARTS) is 1. The van der Waals surface area contributed by atoms with E-state index in [4.69, 9.17) is 24.9 Å². The molecule has 238 valence electrons. The predicted molar refractivity (Wildman–Crippen MR) is 158 cm³/mol. The molecule has 1 saturated heterocycles. The van der Waals surface area contributed by atoms with Gasteiger partial charge in [-0.25, -0.2) is 9.59 Å². The standard InChI is InChI=1S/C31H40N4O9/c1-5-42-30(41)35-15-13-34(14-16-35)28(38)21(9-10-23(36)43-18(2)3)25-24(27(32)37)26(44-31(29(39)40)11-6-12-31)20-8-7-19(4)17-22(20)33-25/h7-8,17-18,21H,5-6,9-16H2,1-4H3,(H2,32,37)(H,39,40). The van der Waals surface area contributed by atoms with Crippen molar-refractivity contribution in [2.24, 2.45) is 5.73 Å². The van der Waals surface area contributed by atoms with Gasteiger partial charge in [-0.05, 0) is 71.1 Å². The van der Waals surface area contributed by atoms with Crippen LogP contribution in [-0.2, 0) is 23.9 Å². The number of ether oxygens (including phenoxy) is 3. The van der Waals surface area contributed by atoms with Crippen LogP contribution in [0, 0.1) is 6.92 Å². The average Bonchev–Trinajstić information content (AvgIpc) is 2.93. The number of nitrogens with zero attached hydrogens (tertiary/aromatic N) is 3. The van der Waals surface area contributed by atoms with Crippen molar-refractivity contribution < 1.29 is 43.3 Å². The molecule has 0 radical (unpaired) electrons. The SMILES string of the molecule is CCOC(=O)N1CCN(C(=O)C(CCC(=O)OC(C)C)c2nc3cc(C)ccc3c(OC3(C(=O)O)CCC3)c2C(N)=O)CC1. The predicted octanol–water partition coefficient (Wildman–Crippen LogP) is 3.14. The number of rotatable bonds is 11. The molecule has 1 aromatic heterocycles. The Morgan fingerprint density at radius 3 is 2.27 bits per heavy atom. The molecule has 2 fully saturated rings. The van der Waals surface area contributed by atoms with Gasteiger partial charge in [0.25, 0.3) is 5.91 Å². The molecular weight excluding hydrogens is 572 g/mol. The second-order valence-corrected chi connectivity index (χ2v) is 11.5. The Labute approximate surface area is 255 Å². The number of carbonyl (C=O) groups excluding carboxylic acids is 4. The van der Waals surface area contributed by atoms with Crippen molar-refractivity contribution in [1.82, 2.24) is 14.8 Å². The van der Waals surface area contributed by atoms with Gasteiger partial charge >= 0.3 is 18.0 Å². The Morgan fingerprint density at radius 2 is 1.73 bits per heavy atom. The zero-order valence-electron chi connectivity index (χ0n) is 25.6. The van der Waals surface area contributed by atoms with E-state index < -0.39 is 41.4 Å². The van der Waals surface area contributed by atoms with Gasteiger partial charge in [0.05, 0.1) is 29.8 Å². The Bertz CT molecular complexity index is 1450. The van der Waals surface area contributed by atoms with E-state index in [9.17, 15) is 29.1 Å². The molecule has 1 atom stereocenters. The molecule has 2 aromatic rings. The number of fused-ring (bicyclic) bond motifs is 1. The third-order valence-corrected chi connectivity index (χ3v) is 7.97. The van der Waals surface area contributed by atoms with Crippen molar-refractivity contribution in [3.8, 4) is 5.75 Å². The number of pyridine rings is 1. The van der Waals surface area contributed by atoms with Crippen LogP contribution in [-0.4, -0.2) is 94.2 Å². The first kappa shape index (κ1) is 32.5. The molecule has 1 unspecified atom stereocenters. The first-order valence-electron chi connectivity index (χ1n) is 14.9. The van der Waals surface area contributed by atoms with Crippen LogP contribution in [0.2, 0.25) is 0 Å². The van der Waals surface area contributed by atoms with E-state index in [1.807, 2.05) is 6.92 Å². The fourth-order valence-electron chi connectivity index (χ4n) is 5.52. The van der Waals surface area contributed by atoms with Gasteiger partial charge in [-0.1, -0.05) is 6.07 Å². The fraction of sp³-hybridized carbons (Fsp3) is 0.548. The zero-order valence-corrected chi connectivity index (χ0v) is 25.6. The van der Waals surface area contributed by atoms with Crippen molar-refractivity contribution in [1.29, 1.82) is 0 Å². The Balaban J connectivity index is 1.81. The molecular formula is C31H40N4O9. The maximum Gasteiger partial charge on any atom is 0.409 e. The van der Waals surface area contributed by atoms with E-state index in [1.54, 1.807) is 43.9 Å². The maximum absolute atomic E-state index is 14.2. The molecule has 3 amide bonds. The molecule has 2 aliphatic rings. The number of esters is 1. The monoisotopic (exact) mass is 612 g/mol. The highest BCUT2D eigenvalue weighted by Crippen LogP contribution is 2.43. The largest absolute Gasteiger partial charge is 0.478 e. The lowest BCUT2D eigenvalue weighted by atomic mass is 9.80. The summed E-state index contributed by atoms with van der Waals surface area (Å²) in [5.41, 5.74) is 5.40. The summed E-state index contributed by atoms with van der Waals surface area (Å²) >= 11 is 0. The number of hydrogen-bond acceptors (Lipinski definition) is 9. The number of aliphatic carboxylic acids is 1. The molecule has 1 aliphatic carbocycles. The molecule has 0 bridgehead atoms. The molecule has 0 spiro atoms. The normalized spacial score (nSPS) is 16.7. The summed E-state index contributed by atoms with van der Waals surface area (Å²) in [6, 6.07) is 5.21. The van der Waals surface area contributed by atoms with Crippen LogP contribution in [0.25, 0.3) is 10.9 Å². The minimum Gasteiger partial charge on any atom is -0.478 e.